The molecule has 0 atom stereocenters. The van der Waals surface area contributed by atoms with Gasteiger partial charge in [0.1, 0.15) is 0 Å². The number of fused-ring (bicyclic) bond motifs is 1. The highest BCUT2D eigenvalue weighted by Gasteiger charge is 2.12. The fourth-order valence-electron chi connectivity index (χ4n) is 2.15. The number of aryl methyl sites for hydroxylation is 1. The number of methoxy groups -OCH3 is 1. The first-order valence-corrected chi connectivity index (χ1v) is 6.75. The lowest BCUT2D eigenvalue weighted by molar-refractivity contribution is -0.140. The Balaban J connectivity index is 1.62. The number of ether oxygens (including phenoxy) is 3. The lowest BCUT2D eigenvalue weighted by Gasteiger charge is -2.03. The molecule has 0 amide bonds. The van der Waals surface area contributed by atoms with Gasteiger partial charge in [0.2, 0.25) is 6.79 Å². The van der Waals surface area contributed by atoms with E-state index in [-0.39, 0.29) is 5.97 Å². The topological polar surface area (TPSA) is 44.8 Å². The largest absolute Gasteiger partial charge is 0.469 e. The second kappa shape index (κ2) is 7.02. The first-order valence-electron chi connectivity index (χ1n) is 6.75. The monoisotopic (exact) mass is 264 g/mol. The summed E-state index contributed by atoms with van der Waals surface area (Å²) in [5.74, 6) is 1.57. The summed E-state index contributed by atoms with van der Waals surface area (Å²) in [6.07, 6.45) is 5.80. The molecule has 1 aliphatic heterocycles. The maximum absolute atomic E-state index is 10.9. The average Bonchev–Trinajstić information content (AvgIpc) is 2.89. The van der Waals surface area contributed by atoms with Crippen LogP contribution in [-0.4, -0.2) is 19.9 Å². The number of rotatable bonds is 7. The van der Waals surface area contributed by atoms with Crippen molar-refractivity contribution in [3.63, 3.8) is 0 Å². The molecule has 19 heavy (non-hydrogen) atoms. The van der Waals surface area contributed by atoms with Crippen molar-refractivity contribution in [2.45, 2.75) is 38.5 Å². The zero-order chi connectivity index (χ0) is 13.5. The van der Waals surface area contributed by atoms with E-state index in [9.17, 15) is 4.79 Å². The molecule has 1 aliphatic rings. The molecule has 0 saturated carbocycles. The summed E-state index contributed by atoms with van der Waals surface area (Å²) in [7, 11) is 1.43. The third-order valence-electron chi connectivity index (χ3n) is 3.26. The number of hydrogen-bond acceptors (Lipinski definition) is 4. The van der Waals surface area contributed by atoms with Gasteiger partial charge in [-0.05, 0) is 37.0 Å². The Morgan fingerprint density at radius 3 is 2.79 bits per heavy atom. The van der Waals surface area contributed by atoms with Crippen molar-refractivity contribution >= 4 is 5.97 Å². The number of carbonyl (C=O) groups is 1. The van der Waals surface area contributed by atoms with Crippen LogP contribution in [0.2, 0.25) is 0 Å². The molecule has 0 unspecified atom stereocenters. The summed E-state index contributed by atoms with van der Waals surface area (Å²) >= 11 is 0. The molecular formula is C15H20O4. The highest BCUT2D eigenvalue weighted by Crippen LogP contribution is 2.32. The number of benzene rings is 1. The van der Waals surface area contributed by atoms with E-state index in [0.717, 1.165) is 43.6 Å². The quantitative estimate of drug-likeness (QED) is 0.561. The molecular weight excluding hydrogens is 244 g/mol. The molecule has 0 radical (unpaired) electrons. The van der Waals surface area contributed by atoms with Gasteiger partial charge >= 0.3 is 5.97 Å². The third kappa shape index (κ3) is 4.16. The smallest absolute Gasteiger partial charge is 0.305 e. The minimum Gasteiger partial charge on any atom is -0.469 e. The molecule has 2 rings (SSSR count). The first-order chi connectivity index (χ1) is 9.29. The van der Waals surface area contributed by atoms with Crippen molar-refractivity contribution in [3.05, 3.63) is 23.8 Å². The van der Waals surface area contributed by atoms with E-state index in [0.29, 0.717) is 13.2 Å². The van der Waals surface area contributed by atoms with Gasteiger partial charge in [-0.15, -0.1) is 0 Å². The van der Waals surface area contributed by atoms with E-state index in [1.807, 2.05) is 6.07 Å². The number of carbonyl (C=O) groups excluding carboxylic acids is 1. The summed E-state index contributed by atoms with van der Waals surface area (Å²) in [5.41, 5.74) is 1.28. The Kier molecular flexibility index (Phi) is 5.07. The highest BCUT2D eigenvalue weighted by molar-refractivity contribution is 5.68. The summed E-state index contributed by atoms with van der Waals surface area (Å²) in [5, 5.41) is 0. The number of unbranched alkanes of at least 4 members (excludes halogenated alkanes) is 3. The predicted octanol–water partition coefficient (Wildman–Crippen LogP) is 3.08. The molecule has 0 saturated heterocycles. The van der Waals surface area contributed by atoms with Crippen LogP contribution in [0.25, 0.3) is 0 Å². The molecule has 0 aromatic heterocycles. The van der Waals surface area contributed by atoms with Crippen molar-refractivity contribution in [2.75, 3.05) is 13.9 Å². The van der Waals surface area contributed by atoms with Crippen LogP contribution in [0.5, 0.6) is 11.5 Å². The maximum Gasteiger partial charge on any atom is 0.305 e. The number of hydrogen-bond donors (Lipinski definition) is 0. The Morgan fingerprint density at radius 2 is 1.95 bits per heavy atom. The molecule has 0 aliphatic carbocycles. The van der Waals surface area contributed by atoms with Gasteiger partial charge in [0, 0.05) is 6.42 Å². The van der Waals surface area contributed by atoms with Gasteiger partial charge in [-0.1, -0.05) is 18.9 Å². The fraction of sp³-hybridized carbons (Fsp3) is 0.533. The zero-order valence-electron chi connectivity index (χ0n) is 11.3. The van der Waals surface area contributed by atoms with Crippen molar-refractivity contribution in [3.8, 4) is 11.5 Å². The molecule has 0 N–H and O–H groups in total. The molecule has 104 valence electrons. The van der Waals surface area contributed by atoms with Crippen LogP contribution in [0, 0.1) is 0 Å². The normalized spacial score (nSPS) is 12.5. The molecule has 1 aromatic carbocycles. The molecule has 0 spiro atoms. The Hall–Kier alpha value is -1.71. The van der Waals surface area contributed by atoms with E-state index in [2.05, 4.69) is 16.9 Å². The number of esters is 1. The summed E-state index contributed by atoms with van der Waals surface area (Å²) in [6, 6.07) is 6.10. The van der Waals surface area contributed by atoms with Gasteiger partial charge in [-0.2, -0.15) is 0 Å². The van der Waals surface area contributed by atoms with E-state index < -0.39 is 0 Å². The van der Waals surface area contributed by atoms with Gasteiger partial charge in [-0.25, -0.2) is 0 Å². The van der Waals surface area contributed by atoms with Gasteiger partial charge in [0.05, 0.1) is 7.11 Å². The fourth-order valence-corrected chi connectivity index (χ4v) is 2.15. The van der Waals surface area contributed by atoms with Gasteiger partial charge < -0.3 is 14.2 Å². The van der Waals surface area contributed by atoms with E-state index in [1.54, 1.807) is 0 Å². The summed E-state index contributed by atoms with van der Waals surface area (Å²) in [4.78, 5) is 10.9. The Bertz CT molecular complexity index is 428. The van der Waals surface area contributed by atoms with Crippen molar-refractivity contribution in [2.24, 2.45) is 0 Å². The average molecular weight is 264 g/mol. The van der Waals surface area contributed by atoms with E-state index in [4.69, 9.17) is 9.47 Å². The third-order valence-corrected chi connectivity index (χ3v) is 3.26. The molecule has 0 fully saturated rings. The van der Waals surface area contributed by atoms with Crippen LogP contribution < -0.4 is 9.47 Å². The van der Waals surface area contributed by atoms with E-state index in [1.165, 1.54) is 12.7 Å². The summed E-state index contributed by atoms with van der Waals surface area (Å²) < 4.78 is 15.2. The van der Waals surface area contributed by atoms with Crippen LogP contribution in [0.4, 0.5) is 0 Å². The second-order valence-corrected chi connectivity index (χ2v) is 4.68. The SMILES string of the molecule is COC(=O)CCCCCCc1ccc2c(c1)OCO2. The standard InChI is InChI=1S/C15H20O4/c1-17-15(16)7-5-3-2-4-6-12-8-9-13-14(10-12)19-11-18-13/h8-10H,2-7,11H2,1H3. The molecule has 4 heteroatoms. The van der Waals surface area contributed by atoms with Gasteiger partial charge in [0.25, 0.3) is 0 Å². The van der Waals surface area contributed by atoms with Crippen LogP contribution in [-0.2, 0) is 16.0 Å². The summed E-state index contributed by atoms with van der Waals surface area (Å²) in [6.45, 7) is 0.326. The Morgan fingerprint density at radius 1 is 1.16 bits per heavy atom. The lowest BCUT2D eigenvalue weighted by atomic mass is 10.0. The second-order valence-electron chi connectivity index (χ2n) is 4.68. The first kappa shape index (κ1) is 13.7. The van der Waals surface area contributed by atoms with Gasteiger partial charge in [-0.3, -0.25) is 4.79 Å². The predicted molar refractivity (Wildman–Crippen MR) is 71.4 cm³/mol. The maximum atomic E-state index is 10.9. The minimum absolute atomic E-state index is 0.115. The molecule has 1 heterocycles. The van der Waals surface area contributed by atoms with Crippen molar-refractivity contribution in [1.82, 2.24) is 0 Å². The van der Waals surface area contributed by atoms with Crippen LogP contribution in [0.1, 0.15) is 37.7 Å². The van der Waals surface area contributed by atoms with Crippen molar-refractivity contribution in [1.29, 1.82) is 0 Å². The van der Waals surface area contributed by atoms with Crippen molar-refractivity contribution < 1.29 is 19.0 Å². The van der Waals surface area contributed by atoms with E-state index >= 15 is 0 Å². The highest BCUT2D eigenvalue weighted by atomic mass is 16.7. The van der Waals surface area contributed by atoms with Gasteiger partial charge in [0.15, 0.2) is 11.5 Å². The minimum atomic E-state index is -0.115. The van der Waals surface area contributed by atoms with Crippen LogP contribution in [0.3, 0.4) is 0 Å². The molecule has 1 aromatic rings. The molecule has 0 bridgehead atoms. The zero-order valence-corrected chi connectivity index (χ0v) is 11.3. The van der Waals surface area contributed by atoms with Crippen LogP contribution in [0.15, 0.2) is 18.2 Å². The Labute approximate surface area is 113 Å². The molecule has 4 nitrogen and oxygen atoms in total. The van der Waals surface area contributed by atoms with Crippen LogP contribution >= 0.6 is 0 Å². The lowest BCUT2D eigenvalue weighted by Crippen LogP contribution is -1.99.